The van der Waals surface area contributed by atoms with Crippen LogP contribution in [-0.4, -0.2) is 48.3 Å². The number of hydrogen-bond donors (Lipinski definition) is 1. The van der Waals surface area contributed by atoms with Crippen LogP contribution in [0.3, 0.4) is 0 Å². The largest absolute Gasteiger partial charge is 0.369 e. The lowest BCUT2D eigenvalue weighted by Crippen LogP contribution is -2.44. The highest BCUT2D eigenvalue weighted by atomic mass is 19.1. The van der Waals surface area contributed by atoms with Crippen molar-refractivity contribution in [1.29, 1.82) is 0 Å². The van der Waals surface area contributed by atoms with E-state index in [-0.39, 0.29) is 5.56 Å². The molecule has 0 aliphatic carbocycles. The Bertz CT molecular complexity index is 896. The average molecular weight is 354 g/mol. The van der Waals surface area contributed by atoms with E-state index in [4.69, 9.17) is 0 Å². The minimum absolute atomic E-state index is 0.179. The molecule has 4 rings (SSSR count). The molecule has 1 fully saturated rings. The van der Waals surface area contributed by atoms with Crippen molar-refractivity contribution in [3.63, 3.8) is 0 Å². The van der Waals surface area contributed by atoms with Gasteiger partial charge in [-0.05, 0) is 43.4 Å². The van der Waals surface area contributed by atoms with Gasteiger partial charge in [0.2, 0.25) is 0 Å². The maximum absolute atomic E-state index is 13.9. The van der Waals surface area contributed by atoms with Crippen molar-refractivity contribution >= 4 is 5.69 Å². The summed E-state index contributed by atoms with van der Waals surface area (Å²) >= 11 is 0. The number of piperazine rings is 1. The smallest absolute Gasteiger partial charge is 0.132 e. The van der Waals surface area contributed by atoms with Crippen molar-refractivity contribution in [3.8, 4) is 22.5 Å². The maximum atomic E-state index is 13.9. The number of halogens is 2. The summed E-state index contributed by atoms with van der Waals surface area (Å²) in [6, 6.07) is 13.3. The number of nitrogens with one attached hydrogen (secondary N) is 1. The molecule has 0 amide bonds. The summed E-state index contributed by atoms with van der Waals surface area (Å²) in [6.45, 7) is 4.15. The molecule has 4 nitrogen and oxygen atoms in total. The molecule has 0 radical (unpaired) electrons. The van der Waals surface area contributed by atoms with Crippen LogP contribution in [-0.2, 0) is 0 Å². The standard InChI is InChI=1S/C20H20F2N4/c1-25-8-10-26(11-9-25)16-5-2-14(3-6-16)19-13-20(24-23-19)17-12-15(21)4-7-18(17)22/h2-7,12-13H,8-11H2,1H3,(H,23,24). The topological polar surface area (TPSA) is 35.2 Å². The Hall–Kier alpha value is -2.73. The van der Waals surface area contributed by atoms with E-state index in [0.717, 1.165) is 43.9 Å². The van der Waals surface area contributed by atoms with E-state index in [0.29, 0.717) is 11.4 Å². The summed E-state index contributed by atoms with van der Waals surface area (Å²) in [5.74, 6) is -0.957. The van der Waals surface area contributed by atoms with Gasteiger partial charge in [-0.3, -0.25) is 5.10 Å². The number of hydrogen-bond acceptors (Lipinski definition) is 3. The maximum Gasteiger partial charge on any atom is 0.132 e. The number of aromatic nitrogens is 2. The van der Waals surface area contributed by atoms with E-state index >= 15 is 0 Å². The average Bonchev–Trinajstić information content (AvgIpc) is 3.14. The second kappa shape index (κ2) is 6.88. The van der Waals surface area contributed by atoms with Gasteiger partial charge in [-0.2, -0.15) is 5.10 Å². The third-order valence-corrected chi connectivity index (χ3v) is 4.83. The molecule has 2 heterocycles. The van der Waals surface area contributed by atoms with Gasteiger partial charge in [0, 0.05) is 43.0 Å². The molecule has 0 saturated carbocycles. The van der Waals surface area contributed by atoms with Gasteiger partial charge in [-0.15, -0.1) is 0 Å². The number of aromatic amines is 1. The predicted molar refractivity (Wildman–Crippen MR) is 99.1 cm³/mol. The van der Waals surface area contributed by atoms with Gasteiger partial charge < -0.3 is 9.80 Å². The normalized spacial score (nSPS) is 15.4. The minimum Gasteiger partial charge on any atom is -0.369 e. The number of likely N-dealkylation sites (N-methyl/N-ethyl adjacent to an activating group) is 1. The Kier molecular flexibility index (Phi) is 4.42. The quantitative estimate of drug-likeness (QED) is 0.778. The van der Waals surface area contributed by atoms with E-state index in [1.54, 1.807) is 6.07 Å². The number of benzene rings is 2. The molecule has 0 spiro atoms. The summed E-state index contributed by atoms with van der Waals surface area (Å²) in [5, 5.41) is 7.05. The highest BCUT2D eigenvalue weighted by Gasteiger charge is 2.15. The van der Waals surface area contributed by atoms with Crippen molar-refractivity contribution in [2.75, 3.05) is 38.1 Å². The summed E-state index contributed by atoms with van der Waals surface area (Å²) in [7, 11) is 2.14. The van der Waals surface area contributed by atoms with E-state index in [9.17, 15) is 8.78 Å². The third-order valence-electron chi connectivity index (χ3n) is 4.83. The molecule has 0 unspecified atom stereocenters. The molecule has 3 aromatic rings. The molecule has 1 saturated heterocycles. The first-order valence-electron chi connectivity index (χ1n) is 8.65. The summed E-state index contributed by atoms with van der Waals surface area (Å²) in [5.41, 5.74) is 3.46. The van der Waals surface area contributed by atoms with Gasteiger partial charge in [0.15, 0.2) is 0 Å². The fourth-order valence-corrected chi connectivity index (χ4v) is 3.22. The molecule has 134 valence electrons. The Labute approximate surface area is 151 Å². The molecule has 0 atom stereocenters. The molecule has 6 heteroatoms. The molecule has 0 bridgehead atoms. The lowest BCUT2D eigenvalue weighted by Gasteiger charge is -2.34. The second-order valence-corrected chi connectivity index (χ2v) is 6.63. The van der Waals surface area contributed by atoms with Crippen LogP contribution in [0.4, 0.5) is 14.5 Å². The van der Waals surface area contributed by atoms with E-state index in [1.807, 2.05) is 12.1 Å². The first-order chi connectivity index (χ1) is 12.6. The first kappa shape index (κ1) is 16.7. The lowest BCUT2D eigenvalue weighted by atomic mass is 10.1. The number of anilines is 1. The highest BCUT2D eigenvalue weighted by molar-refractivity contribution is 5.70. The van der Waals surface area contributed by atoms with Crippen LogP contribution in [0.15, 0.2) is 48.5 Å². The molecule has 1 aliphatic rings. The minimum atomic E-state index is -0.480. The van der Waals surface area contributed by atoms with Crippen LogP contribution < -0.4 is 4.90 Å². The van der Waals surface area contributed by atoms with Crippen LogP contribution >= 0.6 is 0 Å². The van der Waals surface area contributed by atoms with Gasteiger partial charge in [0.25, 0.3) is 0 Å². The predicted octanol–water partition coefficient (Wildman–Crippen LogP) is 3.77. The van der Waals surface area contributed by atoms with Crippen LogP contribution in [0.2, 0.25) is 0 Å². The lowest BCUT2D eigenvalue weighted by molar-refractivity contribution is 0.313. The zero-order valence-electron chi connectivity index (χ0n) is 14.5. The molecule has 1 aliphatic heterocycles. The highest BCUT2D eigenvalue weighted by Crippen LogP contribution is 2.28. The van der Waals surface area contributed by atoms with E-state index in [1.165, 1.54) is 11.8 Å². The monoisotopic (exact) mass is 354 g/mol. The molecular formula is C20H20F2N4. The van der Waals surface area contributed by atoms with Crippen LogP contribution in [0.5, 0.6) is 0 Å². The zero-order valence-corrected chi connectivity index (χ0v) is 14.5. The Morgan fingerprint density at radius 3 is 2.38 bits per heavy atom. The SMILES string of the molecule is CN1CCN(c2ccc(-c3cc(-c4cc(F)ccc4F)[nH]n3)cc2)CC1. The van der Waals surface area contributed by atoms with Gasteiger partial charge in [0.05, 0.1) is 11.4 Å². The van der Waals surface area contributed by atoms with Gasteiger partial charge in [-0.1, -0.05) is 12.1 Å². The van der Waals surface area contributed by atoms with Crippen molar-refractivity contribution < 1.29 is 8.78 Å². The molecule has 26 heavy (non-hydrogen) atoms. The van der Waals surface area contributed by atoms with Crippen LogP contribution in [0.1, 0.15) is 0 Å². The summed E-state index contributed by atoms with van der Waals surface area (Å²) < 4.78 is 27.3. The van der Waals surface area contributed by atoms with Crippen molar-refractivity contribution in [2.45, 2.75) is 0 Å². The zero-order chi connectivity index (χ0) is 18.1. The Morgan fingerprint density at radius 1 is 0.923 bits per heavy atom. The Morgan fingerprint density at radius 2 is 1.65 bits per heavy atom. The summed E-state index contributed by atoms with van der Waals surface area (Å²) in [6.07, 6.45) is 0. The third kappa shape index (κ3) is 3.32. The Balaban J connectivity index is 1.55. The van der Waals surface area contributed by atoms with Crippen molar-refractivity contribution in [2.24, 2.45) is 0 Å². The molecule has 1 N–H and O–H groups in total. The fraction of sp³-hybridized carbons (Fsp3) is 0.250. The van der Waals surface area contributed by atoms with Gasteiger partial charge >= 0.3 is 0 Å². The molecule has 1 aromatic heterocycles. The molecule has 2 aromatic carbocycles. The van der Waals surface area contributed by atoms with Crippen molar-refractivity contribution in [1.82, 2.24) is 15.1 Å². The van der Waals surface area contributed by atoms with Crippen LogP contribution in [0, 0.1) is 11.6 Å². The number of rotatable bonds is 3. The fourth-order valence-electron chi connectivity index (χ4n) is 3.22. The van der Waals surface area contributed by atoms with E-state index in [2.05, 4.69) is 39.2 Å². The van der Waals surface area contributed by atoms with Crippen LogP contribution in [0.25, 0.3) is 22.5 Å². The van der Waals surface area contributed by atoms with Gasteiger partial charge in [0.1, 0.15) is 11.6 Å². The van der Waals surface area contributed by atoms with Gasteiger partial charge in [-0.25, -0.2) is 8.78 Å². The summed E-state index contributed by atoms with van der Waals surface area (Å²) in [4.78, 5) is 4.68. The first-order valence-corrected chi connectivity index (χ1v) is 8.65. The van der Waals surface area contributed by atoms with E-state index < -0.39 is 11.6 Å². The number of H-pyrrole nitrogens is 1. The second-order valence-electron chi connectivity index (χ2n) is 6.63. The molecular weight excluding hydrogens is 334 g/mol. The van der Waals surface area contributed by atoms with Crippen molar-refractivity contribution in [3.05, 3.63) is 60.2 Å². The number of nitrogens with zero attached hydrogens (tertiary/aromatic N) is 3.